The third kappa shape index (κ3) is 5.02. The van der Waals surface area contributed by atoms with Gasteiger partial charge in [0.2, 0.25) is 10.0 Å². The predicted octanol–water partition coefficient (Wildman–Crippen LogP) is 4.69. The molecule has 0 aliphatic heterocycles. The molecular weight excluding hydrogens is 609 g/mol. The van der Waals surface area contributed by atoms with E-state index < -0.39 is 26.0 Å². The van der Waals surface area contributed by atoms with E-state index in [0.29, 0.717) is 27.4 Å². The fourth-order valence-corrected chi connectivity index (χ4v) is 6.62. The number of nitrogens with zero attached hydrogens (tertiary/aromatic N) is 2. The Balaban J connectivity index is 1.70. The Hall–Kier alpha value is -3.39. The van der Waals surface area contributed by atoms with E-state index in [1.807, 2.05) is 0 Å². The zero-order valence-corrected chi connectivity index (χ0v) is 23.3. The van der Waals surface area contributed by atoms with Crippen LogP contribution in [0.2, 0.25) is 15.1 Å². The normalized spacial score (nSPS) is 12.2. The van der Waals surface area contributed by atoms with Gasteiger partial charge in [-0.3, -0.25) is 9.52 Å². The smallest absolute Gasteiger partial charge is 0.269 e. The molecule has 1 aromatic heterocycles. The molecular formula is C24H16Cl3N5O5S2. The van der Waals surface area contributed by atoms with Gasteiger partial charge in [-0.25, -0.2) is 26.7 Å². The van der Waals surface area contributed by atoms with Gasteiger partial charge in [0.15, 0.2) is 5.69 Å². The van der Waals surface area contributed by atoms with Crippen molar-refractivity contribution in [3.63, 3.8) is 0 Å². The summed E-state index contributed by atoms with van der Waals surface area (Å²) in [6.45, 7) is 0. The molecule has 0 aliphatic rings. The minimum absolute atomic E-state index is 0.0120. The Morgan fingerprint density at radius 1 is 0.821 bits per heavy atom. The van der Waals surface area contributed by atoms with E-state index in [1.165, 1.54) is 35.0 Å². The van der Waals surface area contributed by atoms with Crippen LogP contribution in [0.15, 0.2) is 76.5 Å². The number of sulfonamides is 2. The van der Waals surface area contributed by atoms with Crippen molar-refractivity contribution in [1.29, 1.82) is 0 Å². The number of primary sulfonamides is 1. The van der Waals surface area contributed by atoms with E-state index in [9.17, 15) is 21.6 Å². The van der Waals surface area contributed by atoms with Gasteiger partial charge in [0.05, 0.1) is 31.2 Å². The number of amides is 1. The average molecular weight is 625 g/mol. The molecule has 15 heteroatoms. The van der Waals surface area contributed by atoms with Crippen LogP contribution in [-0.2, 0) is 20.0 Å². The number of benzene rings is 4. The van der Waals surface area contributed by atoms with E-state index in [2.05, 4.69) is 9.82 Å². The van der Waals surface area contributed by atoms with Crippen LogP contribution in [-0.4, -0.2) is 32.5 Å². The zero-order valence-electron chi connectivity index (χ0n) is 19.4. The molecule has 5 aromatic rings. The van der Waals surface area contributed by atoms with Crippen LogP contribution in [0.4, 0.5) is 5.69 Å². The highest BCUT2D eigenvalue weighted by Crippen LogP contribution is 2.35. The maximum Gasteiger partial charge on any atom is 0.269 e. The van der Waals surface area contributed by atoms with Crippen molar-refractivity contribution in [3.8, 4) is 5.69 Å². The van der Waals surface area contributed by atoms with Gasteiger partial charge in [0.1, 0.15) is 4.90 Å². The molecule has 39 heavy (non-hydrogen) atoms. The highest BCUT2D eigenvalue weighted by atomic mass is 35.5. The minimum atomic E-state index is -4.18. The molecule has 5 rings (SSSR count). The number of nitrogens with one attached hydrogen (secondary N) is 1. The highest BCUT2D eigenvalue weighted by molar-refractivity contribution is 7.92. The number of primary amides is 1. The molecule has 0 saturated heterocycles. The van der Waals surface area contributed by atoms with Crippen LogP contribution < -0.4 is 15.6 Å². The van der Waals surface area contributed by atoms with E-state index in [4.69, 9.17) is 45.7 Å². The fourth-order valence-electron chi connectivity index (χ4n) is 4.06. The van der Waals surface area contributed by atoms with Gasteiger partial charge >= 0.3 is 0 Å². The number of hydrogen-bond donors (Lipinski definition) is 3. The molecule has 10 nitrogen and oxygen atoms in total. The summed E-state index contributed by atoms with van der Waals surface area (Å²) >= 11 is 18.1. The van der Waals surface area contributed by atoms with Crippen LogP contribution in [0.1, 0.15) is 10.5 Å². The van der Waals surface area contributed by atoms with Crippen molar-refractivity contribution in [1.82, 2.24) is 9.78 Å². The molecule has 0 fully saturated rings. The van der Waals surface area contributed by atoms with E-state index in [1.54, 1.807) is 30.3 Å². The standard InChI is InChI=1S/C24H16Cl3N5O5S2/c25-18-10-20(27)21(11-19(18)26)39(36,37)31-13-3-1-12-2-8-16-22(24(28)33)30-32(23(16)17(12)9-13)14-4-6-15(7-5-14)38(29,34)35/h1-11,31H,(H2,28,33)(H2,29,34,35). The second kappa shape index (κ2) is 9.66. The van der Waals surface area contributed by atoms with Gasteiger partial charge in [0, 0.05) is 16.5 Å². The Morgan fingerprint density at radius 2 is 1.46 bits per heavy atom. The predicted molar refractivity (Wildman–Crippen MR) is 151 cm³/mol. The number of aromatic nitrogens is 2. The third-order valence-corrected chi connectivity index (χ3v) is 9.32. The Morgan fingerprint density at radius 3 is 2.10 bits per heavy atom. The molecule has 0 atom stereocenters. The summed E-state index contributed by atoms with van der Waals surface area (Å²) in [5.74, 6) is -0.787. The topological polar surface area (TPSA) is 167 Å². The first-order chi connectivity index (χ1) is 18.3. The van der Waals surface area contributed by atoms with Gasteiger partial charge in [-0.2, -0.15) is 5.10 Å². The number of carbonyl (C=O) groups is 1. The van der Waals surface area contributed by atoms with E-state index in [-0.39, 0.29) is 36.2 Å². The van der Waals surface area contributed by atoms with Gasteiger partial charge in [-0.05, 0) is 60.0 Å². The lowest BCUT2D eigenvalue weighted by molar-refractivity contribution is 0.0996. The SMILES string of the molecule is NC(=O)c1nn(-c2ccc(S(N)(=O)=O)cc2)c2c1ccc1ccc(NS(=O)(=O)c3cc(Cl)c(Cl)cc3Cl)cc12. The summed E-state index contributed by atoms with van der Waals surface area (Å²) < 4.78 is 53.6. The first kappa shape index (κ1) is 27.2. The zero-order chi connectivity index (χ0) is 28.3. The van der Waals surface area contributed by atoms with Crippen LogP contribution in [0.25, 0.3) is 27.4 Å². The van der Waals surface area contributed by atoms with Gasteiger partial charge < -0.3 is 5.73 Å². The number of nitrogens with two attached hydrogens (primary N) is 2. The van der Waals surface area contributed by atoms with Gasteiger partial charge in [-0.1, -0.05) is 46.9 Å². The van der Waals surface area contributed by atoms with Crippen LogP contribution >= 0.6 is 34.8 Å². The molecule has 0 saturated carbocycles. The summed E-state index contributed by atoms with van der Waals surface area (Å²) in [4.78, 5) is 11.8. The molecule has 0 unspecified atom stereocenters. The van der Waals surface area contributed by atoms with E-state index >= 15 is 0 Å². The Labute approximate surface area is 237 Å². The number of hydrogen-bond acceptors (Lipinski definition) is 6. The molecule has 200 valence electrons. The molecule has 0 radical (unpaired) electrons. The van der Waals surface area contributed by atoms with Gasteiger partial charge in [0.25, 0.3) is 15.9 Å². The van der Waals surface area contributed by atoms with Crippen molar-refractivity contribution >= 4 is 88.1 Å². The lowest BCUT2D eigenvalue weighted by Crippen LogP contribution is -2.13. The number of carbonyl (C=O) groups excluding carboxylic acids is 1. The molecule has 5 N–H and O–H groups in total. The lowest BCUT2D eigenvalue weighted by atomic mass is 10.0. The number of halogens is 3. The summed E-state index contributed by atoms with van der Waals surface area (Å²) in [5.41, 5.74) is 6.55. The van der Waals surface area contributed by atoms with Crippen molar-refractivity contribution in [2.45, 2.75) is 9.79 Å². The quantitative estimate of drug-likeness (QED) is 0.232. The van der Waals surface area contributed by atoms with Crippen LogP contribution in [0.5, 0.6) is 0 Å². The molecule has 0 spiro atoms. The van der Waals surface area contributed by atoms with Crippen molar-refractivity contribution in [3.05, 3.63) is 87.5 Å². The monoisotopic (exact) mass is 623 g/mol. The molecule has 4 aromatic carbocycles. The number of rotatable bonds is 6. The highest BCUT2D eigenvalue weighted by Gasteiger charge is 2.22. The molecule has 1 amide bonds. The second-order valence-electron chi connectivity index (χ2n) is 8.36. The molecule has 1 heterocycles. The maximum atomic E-state index is 13.1. The fraction of sp³-hybridized carbons (Fsp3) is 0. The summed E-state index contributed by atoms with van der Waals surface area (Å²) in [5, 5.41) is 11.2. The molecule has 0 bridgehead atoms. The van der Waals surface area contributed by atoms with E-state index in [0.717, 1.165) is 6.07 Å². The third-order valence-electron chi connectivity index (χ3n) is 5.82. The number of anilines is 1. The first-order valence-electron chi connectivity index (χ1n) is 10.8. The van der Waals surface area contributed by atoms with Gasteiger partial charge in [-0.15, -0.1) is 0 Å². The van der Waals surface area contributed by atoms with Crippen LogP contribution in [0.3, 0.4) is 0 Å². The lowest BCUT2D eigenvalue weighted by Gasteiger charge is -2.12. The largest absolute Gasteiger partial charge is 0.364 e. The molecule has 0 aliphatic carbocycles. The first-order valence-corrected chi connectivity index (χ1v) is 15.0. The minimum Gasteiger partial charge on any atom is -0.364 e. The summed E-state index contributed by atoms with van der Waals surface area (Å²) in [6, 6.07) is 16.1. The maximum absolute atomic E-state index is 13.1. The van der Waals surface area contributed by atoms with Crippen LogP contribution in [0, 0.1) is 0 Å². The van der Waals surface area contributed by atoms with Crippen molar-refractivity contribution in [2.24, 2.45) is 10.9 Å². The summed E-state index contributed by atoms with van der Waals surface area (Å²) in [6.07, 6.45) is 0. The second-order valence-corrected chi connectivity index (χ2v) is 12.8. The summed E-state index contributed by atoms with van der Waals surface area (Å²) in [7, 11) is -8.12. The number of fused-ring (bicyclic) bond motifs is 3. The Kier molecular flexibility index (Phi) is 6.74. The Bertz CT molecular complexity index is 2050. The van der Waals surface area contributed by atoms with Crippen molar-refractivity contribution in [2.75, 3.05) is 4.72 Å². The average Bonchev–Trinajstić information content (AvgIpc) is 3.26. The van der Waals surface area contributed by atoms with Crippen molar-refractivity contribution < 1.29 is 21.6 Å².